The van der Waals surface area contributed by atoms with Crippen molar-refractivity contribution >= 4 is 17.6 Å². The van der Waals surface area contributed by atoms with Crippen LogP contribution in [0.5, 0.6) is 5.75 Å². The maximum absolute atomic E-state index is 13.4. The molecule has 0 spiro atoms. The van der Waals surface area contributed by atoms with Crippen molar-refractivity contribution in [1.82, 2.24) is 0 Å². The molecule has 0 aliphatic heterocycles. The van der Waals surface area contributed by atoms with Gasteiger partial charge in [-0.25, -0.2) is 9.18 Å². The molecule has 0 fully saturated rings. The Morgan fingerprint density at radius 3 is 2.73 bits per heavy atom. The van der Waals surface area contributed by atoms with Crippen LogP contribution in [0.15, 0.2) is 12.1 Å². The number of halogens is 2. The second-order valence-corrected chi connectivity index (χ2v) is 3.12. The van der Waals surface area contributed by atoms with Crippen LogP contribution >= 0.6 is 11.6 Å². The average molecular weight is 233 g/mol. The summed E-state index contributed by atoms with van der Waals surface area (Å²) < 4.78 is 22.9. The lowest BCUT2D eigenvalue weighted by Crippen LogP contribution is -2.09. The Morgan fingerprint density at radius 2 is 2.20 bits per heavy atom. The van der Waals surface area contributed by atoms with Crippen molar-refractivity contribution in [1.29, 1.82) is 0 Å². The van der Waals surface area contributed by atoms with Crippen LogP contribution in [0.2, 0.25) is 5.02 Å². The van der Waals surface area contributed by atoms with Crippen LogP contribution in [-0.2, 0) is 4.74 Å². The molecule has 0 aliphatic rings. The predicted molar refractivity (Wildman–Crippen MR) is 53.9 cm³/mol. The Labute approximate surface area is 91.7 Å². The number of carbonyl (C=O) groups is 1. The molecule has 1 aromatic carbocycles. The number of rotatable bonds is 3. The van der Waals surface area contributed by atoms with Gasteiger partial charge in [0.2, 0.25) is 0 Å². The van der Waals surface area contributed by atoms with Crippen molar-refractivity contribution in [3.05, 3.63) is 28.5 Å². The molecule has 0 radical (unpaired) electrons. The van der Waals surface area contributed by atoms with Crippen LogP contribution in [0.4, 0.5) is 4.39 Å². The zero-order valence-electron chi connectivity index (χ0n) is 8.34. The molecule has 0 amide bonds. The van der Waals surface area contributed by atoms with Crippen LogP contribution in [-0.4, -0.2) is 19.7 Å². The first-order chi connectivity index (χ1) is 7.10. The molecule has 0 atom stereocenters. The fourth-order valence-electron chi connectivity index (χ4n) is 1.11. The quantitative estimate of drug-likeness (QED) is 0.752. The Morgan fingerprint density at radius 1 is 1.53 bits per heavy atom. The van der Waals surface area contributed by atoms with E-state index in [0.29, 0.717) is 0 Å². The number of benzene rings is 1. The zero-order valence-corrected chi connectivity index (χ0v) is 9.10. The summed E-state index contributed by atoms with van der Waals surface area (Å²) in [6.45, 7) is 1.81. The zero-order chi connectivity index (χ0) is 11.4. The Balaban J connectivity index is 3.20. The molecule has 0 N–H and O–H groups in total. The van der Waals surface area contributed by atoms with Crippen molar-refractivity contribution in [3.63, 3.8) is 0 Å². The van der Waals surface area contributed by atoms with E-state index in [1.165, 1.54) is 13.2 Å². The summed E-state index contributed by atoms with van der Waals surface area (Å²) in [6, 6.07) is 2.40. The van der Waals surface area contributed by atoms with E-state index < -0.39 is 11.8 Å². The fraction of sp³-hybridized carbons (Fsp3) is 0.300. The Hall–Kier alpha value is -1.29. The van der Waals surface area contributed by atoms with Crippen molar-refractivity contribution in [3.8, 4) is 5.75 Å². The predicted octanol–water partition coefficient (Wildman–Crippen LogP) is 2.66. The van der Waals surface area contributed by atoms with E-state index in [0.717, 1.165) is 6.07 Å². The van der Waals surface area contributed by atoms with Gasteiger partial charge in [-0.3, -0.25) is 0 Å². The summed E-state index contributed by atoms with van der Waals surface area (Å²) in [7, 11) is 1.33. The molecular weight excluding hydrogens is 223 g/mol. The molecule has 0 unspecified atom stereocenters. The van der Waals surface area contributed by atoms with E-state index in [1.807, 2.05) is 0 Å². The van der Waals surface area contributed by atoms with Gasteiger partial charge in [0.25, 0.3) is 0 Å². The largest absolute Gasteiger partial charge is 0.496 e. The molecule has 0 saturated carbocycles. The third-order valence-corrected chi connectivity index (χ3v) is 1.94. The van der Waals surface area contributed by atoms with Gasteiger partial charge in [-0.2, -0.15) is 0 Å². The highest BCUT2D eigenvalue weighted by Crippen LogP contribution is 2.26. The lowest BCUT2D eigenvalue weighted by Gasteiger charge is -2.08. The van der Waals surface area contributed by atoms with Gasteiger partial charge in [-0.1, -0.05) is 11.6 Å². The smallest absolute Gasteiger partial charge is 0.344 e. The number of esters is 1. The minimum absolute atomic E-state index is 0.0680. The molecular formula is C10H10ClFO3. The van der Waals surface area contributed by atoms with E-state index in [1.54, 1.807) is 6.92 Å². The third-order valence-electron chi connectivity index (χ3n) is 1.72. The van der Waals surface area contributed by atoms with Crippen LogP contribution in [0, 0.1) is 5.82 Å². The van der Waals surface area contributed by atoms with Gasteiger partial charge < -0.3 is 9.47 Å². The van der Waals surface area contributed by atoms with Gasteiger partial charge in [0.1, 0.15) is 17.1 Å². The molecule has 1 rings (SSSR count). The molecule has 5 heteroatoms. The molecule has 0 aromatic heterocycles. The van der Waals surface area contributed by atoms with E-state index in [9.17, 15) is 9.18 Å². The average Bonchev–Trinajstić information content (AvgIpc) is 2.16. The molecule has 3 nitrogen and oxygen atoms in total. The highest BCUT2D eigenvalue weighted by Gasteiger charge is 2.19. The maximum Gasteiger partial charge on any atom is 0.344 e. The number of methoxy groups -OCH3 is 1. The molecule has 82 valence electrons. The van der Waals surface area contributed by atoms with Crippen molar-refractivity contribution < 1.29 is 18.7 Å². The highest BCUT2D eigenvalue weighted by atomic mass is 35.5. The first kappa shape index (κ1) is 11.8. The number of carbonyl (C=O) groups excluding carboxylic acids is 1. The standard InChI is InChI=1S/C10H10ClFO3/c1-3-15-10(13)9-7(12)4-6(11)5-8(9)14-2/h4-5H,3H2,1-2H3. The Bertz CT molecular complexity index is 379. The SMILES string of the molecule is CCOC(=O)c1c(F)cc(Cl)cc1OC. The maximum atomic E-state index is 13.4. The number of hydrogen-bond donors (Lipinski definition) is 0. The summed E-state index contributed by atoms with van der Waals surface area (Å²) >= 11 is 5.61. The van der Waals surface area contributed by atoms with Crippen molar-refractivity contribution in [2.24, 2.45) is 0 Å². The summed E-state index contributed by atoms with van der Waals surface area (Å²) in [5, 5.41) is 0.164. The second kappa shape index (κ2) is 4.98. The molecule has 0 aliphatic carbocycles. The van der Waals surface area contributed by atoms with Crippen LogP contribution < -0.4 is 4.74 Å². The van der Waals surface area contributed by atoms with Crippen LogP contribution in [0.1, 0.15) is 17.3 Å². The van der Waals surface area contributed by atoms with E-state index in [4.69, 9.17) is 16.3 Å². The number of ether oxygens (including phenoxy) is 2. The Kier molecular flexibility index (Phi) is 3.91. The summed E-state index contributed by atoms with van der Waals surface area (Å²) in [4.78, 5) is 11.4. The van der Waals surface area contributed by atoms with Crippen molar-refractivity contribution in [2.75, 3.05) is 13.7 Å². The monoisotopic (exact) mass is 232 g/mol. The fourth-order valence-corrected chi connectivity index (χ4v) is 1.31. The normalized spacial score (nSPS) is 9.87. The second-order valence-electron chi connectivity index (χ2n) is 2.69. The number of hydrogen-bond acceptors (Lipinski definition) is 3. The van der Waals surface area contributed by atoms with E-state index >= 15 is 0 Å². The van der Waals surface area contributed by atoms with Gasteiger partial charge >= 0.3 is 5.97 Å². The molecule has 1 aromatic rings. The topological polar surface area (TPSA) is 35.5 Å². The van der Waals surface area contributed by atoms with Gasteiger partial charge in [0.15, 0.2) is 0 Å². The summed E-state index contributed by atoms with van der Waals surface area (Å²) in [5.74, 6) is -1.44. The first-order valence-corrected chi connectivity index (χ1v) is 4.68. The molecule has 0 bridgehead atoms. The van der Waals surface area contributed by atoms with Gasteiger partial charge in [-0.15, -0.1) is 0 Å². The van der Waals surface area contributed by atoms with E-state index in [-0.39, 0.29) is 22.9 Å². The lowest BCUT2D eigenvalue weighted by atomic mass is 10.2. The van der Waals surface area contributed by atoms with Crippen LogP contribution in [0.3, 0.4) is 0 Å². The summed E-state index contributed by atoms with van der Waals surface area (Å²) in [6.07, 6.45) is 0. The van der Waals surface area contributed by atoms with Gasteiger partial charge in [-0.05, 0) is 19.1 Å². The van der Waals surface area contributed by atoms with Gasteiger partial charge in [0.05, 0.1) is 13.7 Å². The minimum atomic E-state index is -0.761. The summed E-state index contributed by atoms with van der Waals surface area (Å²) in [5.41, 5.74) is -0.233. The minimum Gasteiger partial charge on any atom is -0.496 e. The van der Waals surface area contributed by atoms with E-state index in [2.05, 4.69) is 4.74 Å². The molecule has 15 heavy (non-hydrogen) atoms. The molecule has 0 saturated heterocycles. The molecule has 0 heterocycles. The highest BCUT2D eigenvalue weighted by molar-refractivity contribution is 6.30. The van der Waals surface area contributed by atoms with Crippen LogP contribution in [0.25, 0.3) is 0 Å². The van der Waals surface area contributed by atoms with Gasteiger partial charge in [0, 0.05) is 5.02 Å². The lowest BCUT2D eigenvalue weighted by molar-refractivity contribution is 0.0517. The van der Waals surface area contributed by atoms with Crippen molar-refractivity contribution in [2.45, 2.75) is 6.92 Å². The first-order valence-electron chi connectivity index (χ1n) is 4.30. The third kappa shape index (κ3) is 2.59.